The standard InChI is InChI=1S/C69H137N2O6P/c1-6-8-10-12-14-16-18-20-22-24-25-26-27-28-29-30-31-32-33-34-35-36-37-38-39-40-41-42-43-44-45-47-49-51-53-55-57-59-61-63-69(73)70-67(66-77-78(74,75)76-65-64-71(3,4)5)68(72)62-60-58-56-54-52-50-48-46-23-21-19-17-15-13-11-9-7-2/h24-25,60,62,67-68,72H,6-23,26-59,61,63-66H2,1-5H3,(H-,70,73,74,75)/p+1/b25-24-,62-60+. The smallest absolute Gasteiger partial charge is 0.387 e. The summed E-state index contributed by atoms with van der Waals surface area (Å²) in [4.78, 5) is 23.4. The first-order valence-electron chi connectivity index (χ1n) is 34.7. The van der Waals surface area contributed by atoms with Crippen molar-refractivity contribution < 1.29 is 32.9 Å². The van der Waals surface area contributed by atoms with Crippen molar-refractivity contribution in [2.75, 3.05) is 40.9 Å². The second kappa shape index (κ2) is 60.6. The first-order chi connectivity index (χ1) is 38.0. The molecule has 3 N–H and O–H groups in total. The quantitative estimate of drug-likeness (QED) is 0.0243. The third-order valence-corrected chi connectivity index (χ3v) is 17.1. The van der Waals surface area contributed by atoms with Gasteiger partial charge < -0.3 is 19.8 Å². The van der Waals surface area contributed by atoms with E-state index in [1.54, 1.807) is 6.08 Å². The highest BCUT2D eigenvalue weighted by atomic mass is 31.2. The van der Waals surface area contributed by atoms with Gasteiger partial charge in [-0.05, 0) is 44.9 Å². The number of carbonyl (C=O) groups is 1. The zero-order valence-corrected chi connectivity index (χ0v) is 54.1. The highest BCUT2D eigenvalue weighted by Crippen LogP contribution is 2.43. The van der Waals surface area contributed by atoms with Crippen LogP contribution in [-0.2, 0) is 18.4 Å². The maximum atomic E-state index is 13.0. The number of hydrogen-bond donors (Lipinski definition) is 3. The average molecular weight is 1120 g/mol. The van der Waals surface area contributed by atoms with E-state index < -0.39 is 20.0 Å². The van der Waals surface area contributed by atoms with E-state index in [1.165, 1.54) is 308 Å². The van der Waals surface area contributed by atoms with Crippen molar-refractivity contribution in [1.82, 2.24) is 5.32 Å². The number of phosphoric ester groups is 1. The maximum absolute atomic E-state index is 13.0. The van der Waals surface area contributed by atoms with Crippen LogP contribution in [0.25, 0.3) is 0 Å². The Kier molecular flexibility index (Phi) is 59.8. The van der Waals surface area contributed by atoms with Crippen molar-refractivity contribution in [3.05, 3.63) is 24.3 Å². The molecule has 3 unspecified atom stereocenters. The van der Waals surface area contributed by atoms with Crippen molar-refractivity contribution in [2.45, 2.75) is 373 Å². The van der Waals surface area contributed by atoms with Crippen molar-refractivity contribution in [3.8, 4) is 0 Å². The van der Waals surface area contributed by atoms with Crippen LogP contribution in [0.1, 0.15) is 361 Å². The summed E-state index contributed by atoms with van der Waals surface area (Å²) in [5.74, 6) is -0.169. The summed E-state index contributed by atoms with van der Waals surface area (Å²) in [5, 5.41) is 14.0. The Balaban J connectivity index is 3.89. The number of phosphoric acid groups is 1. The molecule has 1 amide bonds. The third-order valence-electron chi connectivity index (χ3n) is 16.2. The summed E-state index contributed by atoms with van der Waals surface area (Å²) in [6, 6.07) is -0.844. The first kappa shape index (κ1) is 77.0. The van der Waals surface area contributed by atoms with Crippen molar-refractivity contribution in [3.63, 3.8) is 0 Å². The van der Waals surface area contributed by atoms with Gasteiger partial charge in [0.1, 0.15) is 13.2 Å². The lowest BCUT2D eigenvalue weighted by atomic mass is 10.0. The Hall–Kier alpha value is -1.02. The van der Waals surface area contributed by atoms with Gasteiger partial charge in [-0.1, -0.05) is 334 Å². The molecule has 3 atom stereocenters. The highest BCUT2D eigenvalue weighted by Gasteiger charge is 2.28. The minimum atomic E-state index is -4.35. The molecule has 0 rings (SSSR count). The Labute approximate surface area is 487 Å². The van der Waals surface area contributed by atoms with E-state index >= 15 is 0 Å². The molecule has 0 aromatic rings. The number of likely N-dealkylation sites (N-methyl/N-ethyl adjacent to an activating group) is 1. The number of amides is 1. The largest absolute Gasteiger partial charge is 0.472 e. The molecular formula is C69H138N2O6P+. The fourth-order valence-electron chi connectivity index (χ4n) is 10.7. The SMILES string of the molecule is CCCCCCCCCC/C=C\CCCCCCCCCCCCCCCCCCCCCCCCCCCCCC(=O)NC(COP(=O)(O)OCC[N+](C)(C)C)C(O)/C=C/CCCCCCCCCCCCCCCCC. The van der Waals surface area contributed by atoms with Crippen LogP contribution in [0, 0.1) is 0 Å². The Bertz CT molecular complexity index is 1320. The van der Waals surface area contributed by atoms with Gasteiger partial charge >= 0.3 is 7.82 Å². The Morgan fingerprint density at radius 2 is 0.692 bits per heavy atom. The molecule has 0 aromatic heterocycles. The van der Waals surface area contributed by atoms with Gasteiger partial charge in [0.2, 0.25) is 5.91 Å². The molecule has 9 heteroatoms. The van der Waals surface area contributed by atoms with Crippen molar-refractivity contribution in [2.24, 2.45) is 0 Å². The summed E-state index contributed by atoms with van der Waals surface area (Å²) in [6.45, 7) is 4.87. The Morgan fingerprint density at radius 3 is 0.987 bits per heavy atom. The molecule has 464 valence electrons. The van der Waals surface area contributed by atoms with Gasteiger partial charge in [-0.2, -0.15) is 0 Å². The fraction of sp³-hybridized carbons (Fsp3) is 0.928. The van der Waals surface area contributed by atoms with E-state index in [9.17, 15) is 19.4 Å². The summed E-state index contributed by atoms with van der Waals surface area (Å²) in [6.07, 6.45) is 79.1. The predicted octanol–water partition coefficient (Wildman–Crippen LogP) is 21.9. The first-order valence-corrected chi connectivity index (χ1v) is 36.2. The summed E-state index contributed by atoms with van der Waals surface area (Å²) in [5.41, 5.74) is 0. The number of nitrogens with one attached hydrogen (secondary N) is 1. The van der Waals surface area contributed by atoms with Crippen molar-refractivity contribution >= 4 is 13.7 Å². The predicted molar refractivity (Wildman–Crippen MR) is 342 cm³/mol. The van der Waals surface area contributed by atoms with Crippen LogP contribution in [0.5, 0.6) is 0 Å². The Morgan fingerprint density at radius 1 is 0.423 bits per heavy atom. The minimum absolute atomic E-state index is 0.0646. The van der Waals surface area contributed by atoms with Crippen LogP contribution >= 0.6 is 7.82 Å². The number of aliphatic hydroxyl groups excluding tert-OH is 1. The van der Waals surface area contributed by atoms with E-state index in [0.717, 1.165) is 32.1 Å². The molecule has 0 aliphatic heterocycles. The molecule has 0 saturated carbocycles. The molecule has 0 radical (unpaired) electrons. The summed E-state index contributed by atoms with van der Waals surface area (Å²) >= 11 is 0. The second-order valence-electron chi connectivity index (χ2n) is 25.3. The number of carbonyl (C=O) groups excluding carboxylic acids is 1. The van der Waals surface area contributed by atoms with Gasteiger partial charge in [0.05, 0.1) is 39.9 Å². The molecule has 0 heterocycles. The summed E-state index contributed by atoms with van der Waals surface area (Å²) < 4.78 is 23.8. The molecule has 0 aliphatic carbocycles. The molecule has 0 bridgehead atoms. The number of unbranched alkanes of at least 4 members (excludes halogenated alkanes) is 50. The number of quaternary nitrogens is 1. The molecular weight excluding hydrogens is 984 g/mol. The van der Waals surface area contributed by atoms with Crippen LogP contribution in [-0.4, -0.2) is 73.4 Å². The number of rotatable bonds is 65. The lowest BCUT2D eigenvalue weighted by Gasteiger charge is -2.25. The molecule has 78 heavy (non-hydrogen) atoms. The average Bonchev–Trinajstić information content (AvgIpc) is 3.40. The molecule has 0 aromatic carbocycles. The van der Waals surface area contributed by atoms with Gasteiger partial charge in [0.15, 0.2) is 0 Å². The van der Waals surface area contributed by atoms with Gasteiger partial charge in [0.25, 0.3) is 0 Å². The number of allylic oxidation sites excluding steroid dienone is 3. The number of nitrogens with zero attached hydrogens (tertiary/aromatic N) is 1. The minimum Gasteiger partial charge on any atom is -0.387 e. The molecule has 0 fully saturated rings. The zero-order valence-electron chi connectivity index (χ0n) is 53.2. The van der Waals surface area contributed by atoms with Crippen LogP contribution in [0.2, 0.25) is 0 Å². The molecule has 0 saturated heterocycles. The third kappa shape index (κ3) is 62.6. The van der Waals surface area contributed by atoms with Gasteiger partial charge in [-0.25, -0.2) is 4.57 Å². The van der Waals surface area contributed by atoms with Crippen molar-refractivity contribution in [1.29, 1.82) is 0 Å². The number of hydrogen-bond acceptors (Lipinski definition) is 5. The van der Waals surface area contributed by atoms with E-state index in [-0.39, 0.29) is 19.1 Å². The van der Waals surface area contributed by atoms with Crippen LogP contribution in [0.3, 0.4) is 0 Å². The highest BCUT2D eigenvalue weighted by molar-refractivity contribution is 7.47. The van der Waals surface area contributed by atoms with Gasteiger partial charge in [-0.15, -0.1) is 0 Å². The van der Waals surface area contributed by atoms with Crippen LogP contribution in [0.15, 0.2) is 24.3 Å². The van der Waals surface area contributed by atoms with E-state index in [2.05, 4.69) is 31.3 Å². The fourth-order valence-corrected chi connectivity index (χ4v) is 11.5. The topological polar surface area (TPSA) is 105 Å². The van der Waals surface area contributed by atoms with E-state index in [4.69, 9.17) is 9.05 Å². The lowest BCUT2D eigenvalue weighted by Crippen LogP contribution is -2.45. The van der Waals surface area contributed by atoms with Gasteiger partial charge in [-0.3, -0.25) is 13.8 Å². The van der Waals surface area contributed by atoms with E-state index in [0.29, 0.717) is 17.4 Å². The number of aliphatic hydroxyl groups is 1. The monoisotopic (exact) mass is 1120 g/mol. The van der Waals surface area contributed by atoms with Gasteiger partial charge in [0, 0.05) is 6.42 Å². The normalized spacial score (nSPS) is 13.8. The maximum Gasteiger partial charge on any atom is 0.472 e. The van der Waals surface area contributed by atoms with Crippen LogP contribution < -0.4 is 5.32 Å². The second-order valence-corrected chi connectivity index (χ2v) is 26.7. The van der Waals surface area contributed by atoms with Crippen LogP contribution in [0.4, 0.5) is 0 Å². The summed E-state index contributed by atoms with van der Waals surface area (Å²) in [7, 11) is 1.59. The zero-order chi connectivity index (χ0) is 57.0. The molecule has 0 aliphatic rings. The van der Waals surface area contributed by atoms with E-state index in [1.807, 2.05) is 27.2 Å². The molecule has 8 nitrogen and oxygen atoms in total. The molecule has 0 spiro atoms. The lowest BCUT2D eigenvalue weighted by molar-refractivity contribution is -0.870.